The van der Waals surface area contributed by atoms with E-state index in [1.54, 1.807) is 41.5 Å². The molecule has 2 atom stereocenters. The second kappa shape index (κ2) is 9.75. The highest BCUT2D eigenvalue weighted by Gasteiger charge is 2.44. The molecule has 0 radical (unpaired) electrons. The molecule has 26 heavy (non-hydrogen) atoms. The summed E-state index contributed by atoms with van der Waals surface area (Å²) in [5, 5.41) is 0. The van der Waals surface area contributed by atoms with Crippen molar-refractivity contribution in [3.05, 3.63) is 0 Å². The maximum Gasteiger partial charge on any atom is 0.410 e. The molecule has 0 saturated carbocycles. The van der Waals surface area contributed by atoms with E-state index >= 15 is 0 Å². The molecule has 0 unspecified atom stereocenters. The van der Waals surface area contributed by atoms with Crippen molar-refractivity contribution >= 4 is 18.0 Å². The average molecular weight is 373 g/mol. The van der Waals surface area contributed by atoms with Crippen LogP contribution in [0.1, 0.15) is 41.5 Å². The van der Waals surface area contributed by atoms with Gasteiger partial charge in [0.25, 0.3) is 0 Å². The Bertz CT molecular complexity index is 482. The van der Waals surface area contributed by atoms with E-state index in [9.17, 15) is 14.4 Å². The fourth-order valence-corrected chi connectivity index (χ4v) is 2.82. The Hall–Kier alpha value is -1.83. The van der Waals surface area contributed by atoms with Crippen LogP contribution in [-0.4, -0.2) is 67.5 Å². The predicted molar refractivity (Wildman–Crippen MR) is 93.5 cm³/mol. The van der Waals surface area contributed by atoms with Crippen LogP contribution in [0.25, 0.3) is 0 Å². The third-order valence-corrected chi connectivity index (χ3v) is 4.01. The molecule has 0 spiro atoms. The zero-order valence-electron chi connectivity index (χ0n) is 16.6. The quantitative estimate of drug-likeness (QED) is 0.399. The Morgan fingerprint density at radius 3 is 2.12 bits per heavy atom. The van der Waals surface area contributed by atoms with Crippen LogP contribution in [0.15, 0.2) is 0 Å². The van der Waals surface area contributed by atoms with Crippen LogP contribution in [0.3, 0.4) is 0 Å². The Morgan fingerprint density at radius 1 is 1.12 bits per heavy atom. The minimum atomic E-state index is -1.13. The zero-order valence-corrected chi connectivity index (χ0v) is 16.6. The molecule has 8 nitrogen and oxygen atoms in total. The number of morpholine rings is 1. The van der Waals surface area contributed by atoms with Gasteiger partial charge in [0.15, 0.2) is 5.92 Å². The monoisotopic (exact) mass is 373 g/mol. The lowest BCUT2D eigenvalue weighted by molar-refractivity contribution is -0.166. The Morgan fingerprint density at radius 2 is 1.65 bits per heavy atom. The number of nitrogens with zero attached hydrogens (tertiary/aromatic N) is 1. The highest BCUT2D eigenvalue weighted by atomic mass is 16.6. The molecule has 1 aliphatic heterocycles. The summed E-state index contributed by atoms with van der Waals surface area (Å²) in [6.07, 6.45) is -0.496. The maximum atomic E-state index is 12.6. The molecule has 0 aliphatic carbocycles. The first-order chi connectivity index (χ1) is 12.1. The van der Waals surface area contributed by atoms with Gasteiger partial charge in [0.05, 0.1) is 32.5 Å². The first-order valence-corrected chi connectivity index (χ1v) is 9.03. The van der Waals surface area contributed by atoms with Gasteiger partial charge in [-0.2, -0.15) is 0 Å². The van der Waals surface area contributed by atoms with Crippen molar-refractivity contribution in [1.29, 1.82) is 0 Å². The summed E-state index contributed by atoms with van der Waals surface area (Å²) in [5.41, 5.74) is -0.648. The van der Waals surface area contributed by atoms with Crippen LogP contribution in [0.4, 0.5) is 4.79 Å². The molecule has 1 saturated heterocycles. The number of ether oxygens (including phenoxy) is 4. The first-order valence-electron chi connectivity index (χ1n) is 9.03. The van der Waals surface area contributed by atoms with Gasteiger partial charge in [-0.1, -0.05) is 6.92 Å². The molecule has 0 aromatic heterocycles. The molecule has 1 aliphatic rings. The summed E-state index contributed by atoms with van der Waals surface area (Å²) in [4.78, 5) is 38.8. The van der Waals surface area contributed by atoms with Crippen molar-refractivity contribution in [2.75, 3.05) is 33.0 Å². The Kier molecular flexibility index (Phi) is 8.33. The van der Waals surface area contributed by atoms with E-state index in [1.165, 1.54) is 4.90 Å². The van der Waals surface area contributed by atoms with Gasteiger partial charge in [0.1, 0.15) is 5.60 Å². The zero-order chi connectivity index (χ0) is 19.9. The average Bonchev–Trinajstić information content (AvgIpc) is 2.54. The lowest BCUT2D eigenvalue weighted by atomic mass is 9.86. The second-order valence-corrected chi connectivity index (χ2v) is 7.16. The van der Waals surface area contributed by atoms with E-state index < -0.39 is 41.5 Å². The summed E-state index contributed by atoms with van der Waals surface area (Å²) in [6, 6.07) is -0.502. The van der Waals surface area contributed by atoms with Gasteiger partial charge in [0.2, 0.25) is 0 Å². The molecular weight excluding hydrogens is 342 g/mol. The van der Waals surface area contributed by atoms with Gasteiger partial charge >= 0.3 is 18.0 Å². The Balaban J connectivity index is 3.04. The number of rotatable bonds is 6. The highest BCUT2D eigenvalue weighted by molar-refractivity contribution is 5.95. The summed E-state index contributed by atoms with van der Waals surface area (Å²) >= 11 is 0. The van der Waals surface area contributed by atoms with E-state index in [-0.39, 0.29) is 19.8 Å². The number of hydrogen-bond acceptors (Lipinski definition) is 7. The lowest BCUT2D eigenvalue weighted by Gasteiger charge is -2.40. The number of hydrogen-bond donors (Lipinski definition) is 0. The van der Waals surface area contributed by atoms with Crippen molar-refractivity contribution in [3.8, 4) is 0 Å². The molecule has 1 heterocycles. The molecule has 8 heteroatoms. The van der Waals surface area contributed by atoms with Crippen LogP contribution in [0, 0.1) is 11.8 Å². The van der Waals surface area contributed by atoms with Crippen molar-refractivity contribution < 1.29 is 33.3 Å². The largest absolute Gasteiger partial charge is 0.465 e. The molecular formula is C18H31NO7. The van der Waals surface area contributed by atoms with E-state index in [2.05, 4.69) is 0 Å². The van der Waals surface area contributed by atoms with Crippen molar-refractivity contribution in [2.24, 2.45) is 11.8 Å². The number of esters is 2. The Labute approximate surface area is 155 Å². The molecule has 1 fully saturated rings. The molecule has 0 bridgehead atoms. The molecule has 0 aromatic carbocycles. The fraction of sp³-hybridized carbons (Fsp3) is 0.833. The van der Waals surface area contributed by atoms with E-state index in [1.807, 2.05) is 0 Å². The summed E-state index contributed by atoms with van der Waals surface area (Å²) in [6.45, 7) is 11.6. The smallest absolute Gasteiger partial charge is 0.410 e. The van der Waals surface area contributed by atoms with Gasteiger partial charge in [-0.05, 0) is 34.6 Å². The number of carbonyl (C=O) groups excluding carboxylic acids is 3. The number of amides is 1. The van der Waals surface area contributed by atoms with Crippen LogP contribution < -0.4 is 0 Å². The second-order valence-electron chi connectivity index (χ2n) is 7.16. The van der Waals surface area contributed by atoms with Crippen molar-refractivity contribution in [3.63, 3.8) is 0 Å². The molecule has 150 valence electrons. The van der Waals surface area contributed by atoms with Gasteiger partial charge in [-0.3, -0.25) is 9.59 Å². The summed E-state index contributed by atoms with van der Waals surface area (Å²) < 4.78 is 21.0. The predicted octanol–water partition coefficient (Wildman–Crippen LogP) is 2.00. The SMILES string of the molecule is CCOC(=O)C(C(=O)OCC)[C@@H](C)[C@@H]1COCCN1C(=O)OC(C)(C)C. The fourth-order valence-electron chi connectivity index (χ4n) is 2.82. The molecule has 1 rings (SSSR count). The molecule has 0 aromatic rings. The standard InChI is InChI=1S/C18H31NO7/c1-7-24-15(20)14(16(21)25-8-2)12(3)13-11-23-10-9-19(13)17(22)26-18(4,5)6/h12-14H,7-11H2,1-6H3/t12-,13-/m0/s1. The topological polar surface area (TPSA) is 91.4 Å². The lowest BCUT2D eigenvalue weighted by Crippen LogP contribution is -2.55. The third kappa shape index (κ3) is 6.16. The molecule has 1 amide bonds. The third-order valence-electron chi connectivity index (χ3n) is 4.01. The van der Waals surface area contributed by atoms with Crippen LogP contribution in [0.2, 0.25) is 0 Å². The van der Waals surface area contributed by atoms with Gasteiger partial charge < -0.3 is 23.8 Å². The van der Waals surface area contributed by atoms with Crippen LogP contribution in [-0.2, 0) is 28.5 Å². The first kappa shape index (κ1) is 22.2. The highest BCUT2D eigenvalue weighted by Crippen LogP contribution is 2.27. The van der Waals surface area contributed by atoms with E-state index in [4.69, 9.17) is 18.9 Å². The van der Waals surface area contributed by atoms with E-state index in [0.29, 0.717) is 13.2 Å². The minimum absolute atomic E-state index is 0.151. The summed E-state index contributed by atoms with van der Waals surface area (Å²) in [5.74, 6) is -3.01. The minimum Gasteiger partial charge on any atom is -0.465 e. The van der Waals surface area contributed by atoms with Crippen molar-refractivity contribution in [2.45, 2.75) is 53.2 Å². The van der Waals surface area contributed by atoms with Crippen molar-refractivity contribution in [1.82, 2.24) is 4.90 Å². The summed E-state index contributed by atoms with van der Waals surface area (Å²) in [7, 11) is 0. The number of carbonyl (C=O) groups is 3. The van der Waals surface area contributed by atoms with Gasteiger partial charge in [0, 0.05) is 12.5 Å². The maximum absolute atomic E-state index is 12.6. The van der Waals surface area contributed by atoms with Crippen LogP contribution in [0.5, 0.6) is 0 Å². The van der Waals surface area contributed by atoms with E-state index in [0.717, 1.165) is 0 Å². The normalized spacial score (nSPS) is 19.0. The molecule has 0 N–H and O–H groups in total. The van der Waals surface area contributed by atoms with Crippen LogP contribution >= 0.6 is 0 Å². The van der Waals surface area contributed by atoms with Gasteiger partial charge in [-0.15, -0.1) is 0 Å². The van der Waals surface area contributed by atoms with Gasteiger partial charge in [-0.25, -0.2) is 4.79 Å².